The summed E-state index contributed by atoms with van der Waals surface area (Å²) in [4.78, 5) is 4.77. The SMILES string of the molecule is CCCOc1ccc(F)cc1N1CCN(CCCCCN2Cc3ccccc3N=N2)CC1. The highest BCUT2D eigenvalue weighted by molar-refractivity contribution is 5.59. The van der Waals surface area contributed by atoms with Crippen LogP contribution in [0, 0.1) is 5.82 Å². The van der Waals surface area contributed by atoms with Crippen molar-refractivity contribution in [2.24, 2.45) is 10.3 Å². The van der Waals surface area contributed by atoms with Crippen molar-refractivity contribution in [3.05, 3.63) is 53.8 Å². The molecule has 0 radical (unpaired) electrons. The number of unbranched alkanes of at least 4 members (excludes halogenated alkanes) is 2. The number of rotatable bonds is 10. The van der Waals surface area contributed by atoms with Gasteiger partial charge in [-0.2, -0.15) is 0 Å². The van der Waals surface area contributed by atoms with Crippen LogP contribution in [0.3, 0.4) is 0 Å². The van der Waals surface area contributed by atoms with E-state index in [-0.39, 0.29) is 5.82 Å². The summed E-state index contributed by atoms with van der Waals surface area (Å²) in [6.07, 6.45) is 4.44. The van der Waals surface area contributed by atoms with Gasteiger partial charge in [0.15, 0.2) is 0 Å². The third kappa shape index (κ3) is 5.97. The van der Waals surface area contributed by atoms with Gasteiger partial charge in [-0.3, -0.25) is 9.91 Å². The first kappa shape index (κ1) is 22.5. The number of piperazine rings is 1. The largest absolute Gasteiger partial charge is 0.491 e. The van der Waals surface area contributed by atoms with Crippen molar-refractivity contribution in [3.63, 3.8) is 0 Å². The highest BCUT2D eigenvalue weighted by atomic mass is 19.1. The van der Waals surface area contributed by atoms with E-state index in [1.807, 2.05) is 12.1 Å². The summed E-state index contributed by atoms with van der Waals surface area (Å²) < 4.78 is 19.7. The van der Waals surface area contributed by atoms with Crippen LogP contribution in [-0.4, -0.2) is 55.8 Å². The molecular weight excluding hydrogens is 405 g/mol. The smallest absolute Gasteiger partial charge is 0.142 e. The maximum Gasteiger partial charge on any atom is 0.142 e. The molecule has 7 heteroatoms. The molecule has 0 amide bonds. The molecule has 0 unspecified atom stereocenters. The first-order valence-electron chi connectivity index (χ1n) is 11.9. The summed E-state index contributed by atoms with van der Waals surface area (Å²) in [5, 5.41) is 10.7. The van der Waals surface area contributed by atoms with E-state index in [0.29, 0.717) is 6.61 Å². The third-order valence-electron chi connectivity index (χ3n) is 6.11. The maximum atomic E-state index is 13.8. The average Bonchev–Trinajstić information content (AvgIpc) is 2.83. The standard InChI is InChI=1S/C25H34FN5O/c1-2-18-32-25-11-10-22(26)19-24(25)30-16-14-29(15-17-30)12-6-3-7-13-31-20-21-8-4-5-9-23(21)27-28-31/h4-5,8-11,19H,2-3,6-7,12-18,20H2,1H3. The minimum Gasteiger partial charge on any atom is -0.491 e. The molecule has 2 aliphatic heterocycles. The summed E-state index contributed by atoms with van der Waals surface area (Å²) in [6, 6.07) is 13.1. The molecule has 172 valence electrons. The molecule has 1 saturated heterocycles. The summed E-state index contributed by atoms with van der Waals surface area (Å²) in [5.41, 5.74) is 3.13. The first-order valence-corrected chi connectivity index (χ1v) is 11.9. The molecule has 6 nitrogen and oxygen atoms in total. The van der Waals surface area contributed by atoms with Gasteiger partial charge in [-0.25, -0.2) is 4.39 Å². The molecule has 2 aromatic carbocycles. The summed E-state index contributed by atoms with van der Waals surface area (Å²) >= 11 is 0. The Bertz CT molecular complexity index is 898. The van der Waals surface area contributed by atoms with Gasteiger partial charge in [0.1, 0.15) is 11.6 Å². The monoisotopic (exact) mass is 439 g/mol. The van der Waals surface area contributed by atoms with Gasteiger partial charge in [-0.05, 0) is 44.0 Å². The Hall–Kier alpha value is -2.67. The second-order valence-electron chi connectivity index (χ2n) is 8.56. The lowest BCUT2D eigenvalue weighted by molar-refractivity contribution is 0.232. The Morgan fingerprint density at radius 1 is 0.969 bits per heavy atom. The quantitative estimate of drug-likeness (QED) is 0.464. The number of nitrogens with zero attached hydrogens (tertiary/aromatic N) is 5. The molecule has 0 atom stereocenters. The van der Waals surface area contributed by atoms with Gasteiger partial charge in [-0.1, -0.05) is 36.8 Å². The van der Waals surface area contributed by atoms with E-state index >= 15 is 0 Å². The fourth-order valence-electron chi connectivity index (χ4n) is 4.30. The summed E-state index contributed by atoms with van der Waals surface area (Å²) in [5.74, 6) is 0.585. The zero-order valence-electron chi connectivity index (χ0n) is 19.0. The van der Waals surface area contributed by atoms with E-state index in [1.54, 1.807) is 12.1 Å². The molecule has 32 heavy (non-hydrogen) atoms. The lowest BCUT2D eigenvalue weighted by Crippen LogP contribution is -2.46. The van der Waals surface area contributed by atoms with Crippen LogP contribution in [0.15, 0.2) is 52.8 Å². The molecule has 0 bridgehead atoms. The van der Waals surface area contributed by atoms with Crippen LogP contribution in [-0.2, 0) is 6.54 Å². The Balaban J connectivity index is 1.15. The number of benzene rings is 2. The van der Waals surface area contributed by atoms with E-state index in [4.69, 9.17) is 4.74 Å². The first-order chi connectivity index (χ1) is 15.7. The van der Waals surface area contributed by atoms with E-state index in [9.17, 15) is 4.39 Å². The molecule has 0 saturated carbocycles. The molecular formula is C25H34FN5O. The van der Waals surface area contributed by atoms with E-state index in [1.165, 1.54) is 24.5 Å². The van der Waals surface area contributed by atoms with Crippen molar-refractivity contribution in [2.45, 2.75) is 39.2 Å². The topological polar surface area (TPSA) is 43.7 Å². The number of halogens is 1. The Kier molecular flexibility index (Phi) is 7.93. The predicted molar refractivity (Wildman–Crippen MR) is 126 cm³/mol. The second kappa shape index (κ2) is 11.3. The summed E-state index contributed by atoms with van der Waals surface area (Å²) in [7, 11) is 0. The van der Waals surface area contributed by atoms with E-state index in [2.05, 4.69) is 44.2 Å². The number of fused-ring (bicyclic) bond motifs is 1. The molecule has 4 rings (SSSR count). The number of hydrogen-bond donors (Lipinski definition) is 0. The minimum absolute atomic E-state index is 0.206. The molecule has 0 spiro atoms. The van der Waals surface area contributed by atoms with Crippen molar-refractivity contribution >= 4 is 11.4 Å². The van der Waals surface area contributed by atoms with Crippen LogP contribution in [0.2, 0.25) is 0 Å². The second-order valence-corrected chi connectivity index (χ2v) is 8.56. The Labute approximate surface area is 190 Å². The lowest BCUT2D eigenvalue weighted by atomic mass is 10.1. The molecule has 0 aliphatic carbocycles. The van der Waals surface area contributed by atoms with Gasteiger partial charge < -0.3 is 9.64 Å². The van der Waals surface area contributed by atoms with Crippen LogP contribution in [0.1, 0.15) is 38.2 Å². The molecule has 1 fully saturated rings. The number of hydrogen-bond acceptors (Lipinski definition) is 6. The van der Waals surface area contributed by atoms with Crippen molar-refractivity contribution in [2.75, 3.05) is 50.8 Å². The van der Waals surface area contributed by atoms with Gasteiger partial charge in [-0.15, -0.1) is 5.11 Å². The van der Waals surface area contributed by atoms with Gasteiger partial charge in [0, 0.05) is 44.4 Å². The van der Waals surface area contributed by atoms with Gasteiger partial charge >= 0.3 is 0 Å². The molecule has 2 aromatic rings. The van der Waals surface area contributed by atoms with Gasteiger partial charge in [0.25, 0.3) is 0 Å². The fraction of sp³-hybridized carbons (Fsp3) is 0.520. The number of ether oxygens (including phenoxy) is 1. The summed E-state index contributed by atoms with van der Waals surface area (Å²) in [6.45, 7) is 9.46. The van der Waals surface area contributed by atoms with Gasteiger partial charge in [0.05, 0.1) is 24.5 Å². The Morgan fingerprint density at radius 2 is 1.78 bits per heavy atom. The normalized spacial score (nSPS) is 16.3. The zero-order chi connectivity index (χ0) is 22.2. The Morgan fingerprint density at radius 3 is 2.62 bits per heavy atom. The van der Waals surface area contributed by atoms with Gasteiger partial charge in [0.2, 0.25) is 0 Å². The van der Waals surface area contributed by atoms with Crippen LogP contribution < -0.4 is 9.64 Å². The fourth-order valence-corrected chi connectivity index (χ4v) is 4.30. The highest BCUT2D eigenvalue weighted by Gasteiger charge is 2.20. The predicted octanol–water partition coefficient (Wildman–Crippen LogP) is 5.42. The molecule has 0 aromatic heterocycles. The van der Waals surface area contributed by atoms with Crippen molar-refractivity contribution in [3.8, 4) is 5.75 Å². The molecule has 2 heterocycles. The van der Waals surface area contributed by atoms with Crippen molar-refractivity contribution in [1.29, 1.82) is 0 Å². The van der Waals surface area contributed by atoms with Crippen LogP contribution in [0.4, 0.5) is 15.8 Å². The average molecular weight is 440 g/mol. The third-order valence-corrected chi connectivity index (χ3v) is 6.11. The number of anilines is 1. The maximum absolute atomic E-state index is 13.8. The van der Waals surface area contributed by atoms with Crippen LogP contribution >= 0.6 is 0 Å². The van der Waals surface area contributed by atoms with Crippen molar-refractivity contribution < 1.29 is 9.13 Å². The molecule has 0 N–H and O–H groups in total. The molecule has 2 aliphatic rings. The van der Waals surface area contributed by atoms with Crippen LogP contribution in [0.5, 0.6) is 5.75 Å². The zero-order valence-corrected chi connectivity index (χ0v) is 19.0. The van der Waals surface area contributed by atoms with Crippen molar-refractivity contribution in [1.82, 2.24) is 9.91 Å². The van der Waals surface area contributed by atoms with Crippen LogP contribution in [0.25, 0.3) is 0 Å². The van der Waals surface area contributed by atoms with E-state index in [0.717, 1.165) is 75.8 Å². The van der Waals surface area contributed by atoms with E-state index < -0.39 is 0 Å². The minimum atomic E-state index is -0.206. The highest BCUT2D eigenvalue weighted by Crippen LogP contribution is 2.30. The lowest BCUT2D eigenvalue weighted by Gasteiger charge is -2.36.